The molecule has 0 bridgehead atoms. The second-order valence-corrected chi connectivity index (χ2v) is 6.10. The number of nitrogens with one attached hydrogen (secondary N) is 2. The molecule has 0 saturated heterocycles. The van der Waals surface area contributed by atoms with Crippen LogP contribution in [0.15, 0.2) is 66.7 Å². The Morgan fingerprint density at radius 2 is 1.36 bits per heavy atom. The summed E-state index contributed by atoms with van der Waals surface area (Å²) in [5.74, 6) is -2.85. The van der Waals surface area contributed by atoms with E-state index in [9.17, 15) is 18.4 Å². The maximum absolute atomic E-state index is 13.7. The van der Waals surface area contributed by atoms with Gasteiger partial charge in [-0.2, -0.15) is 0 Å². The molecule has 3 aromatic rings. The van der Waals surface area contributed by atoms with E-state index in [0.717, 1.165) is 24.1 Å². The molecule has 0 aliphatic carbocycles. The second-order valence-electron chi connectivity index (χ2n) is 6.10. The molecule has 6 heteroatoms. The van der Waals surface area contributed by atoms with E-state index in [2.05, 4.69) is 10.6 Å². The molecule has 0 aliphatic heterocycles. The Balaban J connectivity index is 1.80. The van der Waals surface area contributed by atoms with Gasteiger partial charge in [-0.15, -0.1) is 0 Å². The van der Waals surface area contributed by atoms with Gasteiger partial charge in [-0.3, -0.25) is 9.59 Å². The molecule has 2 amide bonds. The fourth-order valence-corrected chi connectivity index (χ4v) is 2.75. The predicted octanol–water partition coefficient (Wildman–Crippen LogP) is 5.03. The summed E-state index contributed by atoms with van der Waals surface area (Å²) in [4.78, 5) is 24.9. The molecule has 0 saturated carbocycles. The first-order chi connectivity index (χ1) is 13.5. The van der Waals surface area contributed by atoms with Gasteiger partial charge in [0.15, 0.2) is 0 Å². The van der Waals surface area contributed by atoms with Crippen LogP contribution in [0.2, 0.25) is 0 Å². The minimum Gasteiger partial charge on any atom is -0.322 e. The Labute approximate surface area is 161 Å². The van der Waals surface area contributed by atoms with Crippen LogP contribution < -0.4 is 10.6 Å². The van der Waals surface area contributed by atoms with E-state index in [1.807, 2.05) is 25.1 Å². The molecule has 0 aliphatic rings. The first-order valence-electron chi connectivity index (χ1n) is 8.74. The molecular formula is C22H18F2N2O2. The van der Waals surface area contributed by atoms with E-state index in [1.165, 1.54) is 24.3 Å². The van der Waals surface area contributed by atoms with Gasteiger partial charge in [0.25, 0.3) is 11.8 Å². The van der Waals surface area contributed by atoms with E-state index >= 15 is 0 Å². The molecule has 0 aromatic heterocycles. The van der Waals surface area contributed by atoms with Gasteiger partial charge in [0, 0.05) is 16.8 Å². The van der Waals surface area contributed by atoms with Crippen molar-refractivity contribution in [2.75, 3.05) is 10.6 Å². The number of rotatable bonds is 5. The summed E-state index contributed by atoms with van der Waals surface area (Å²) in [5.41, 5.74) is 1.52. The number of benzene rings is 3. The predicted molar refractivity (Wildman–Crippen MR) is 105 cm³/mol. The van der Waals surface area contributed by atoms with Crippen LogP contribution in [0.5, 0.6) is 0 Å². The number of anilines is 2. The lowest BCUT2D eigenvalue weighted by Gasteiger charge is -2.11. The van der Waals surface area contributed by atoms with Crippen LogP contribution in [0, 0.1) is 11.6 Å². The van der Waals surface area contributed by atoms with E-state index in [0.29, 0.717) is 5.69 Å². The summed E-state index contributed by atoms with van der Waals surface area (Å²) in [6.07, 6.45) is 0.757. The van der Waals surface area contributed by atoms with Gasteiger partial charge in [0.05, 0.1) is 0 Å². The highest BCUT2D eigenvalue weighted by molar-refractivity contribution is 6.09. The van der Waals surface area contributed by atoms with E-state index in [1.54, 1.807) is 12.1 Å². The Hall–Kier alpha value is -3.54. The second kappa shape index (κ2) is 8.43. The van der Waals surface area contributed by atoms with Crippen LogP contribution >= 0.6 is 0 Å². The Morgan fingerprint density at radius 1 is 0.786 bits per heavy atom. The molecule has 0 fully saturated rings. The molecule has 142 valence electrons. The maximum Gasteiger partial charge on any atom is 0.255 e. The monoisotopic (exact) mass is 380 g/mol. The summed E-state index contributed by atoms with van der Waals surface area (Å²) in [6, 6.07) is 16.7. The summed E-state index contributed by atoms with van der Waals surface area (Å²) in [7, 11) is 0. The standard InChI is InChI=1S/C22H18F2N2O2/c1-2-14-7-3-4-12-19(14)25-21(27)15-8-5-9-16(13-15)22(28)26-20-17(23)10-6-11-18(20)24/h3-13H,2H2,1H3,(H,25,27)(H,26,28). The van der Waals surface area contributed by atoms with Crippen LogP contribution in [-0.4, -0.2) is 11.8 Å². The highest BCUT2D eigenvalue weighted by Gasteiger charge is 2.15. The smallest absolute Gasteiger partial charge is 0.255 e. The van der Waals surface area contributed by atoms with E-state index in [-0.39, 0.29) is 17.0 Å². The van der Waals surface area contributed by atoms with Crippen LogP contribution in [0.25, 0.3) is 0 Å². The summed E-state index contributed by atoms with van der Waals surface area (Å²) < 4.78 is 27.5. The van der Waals surface area contributed by atoms with Gasteiger partial charge in [-0.1, -0.05) is 37.3 Å². The van der Waals surface area contributed by atoms with Crippen LogP contribution in [-0.2, 0) is 6.42 Å². The number of hydrogen-bond acceptors (Lipinski definition) is 2. The molecular weight excluding hydrogens is 362 g/mol. The molecule has 2 N–H and O–H groups in total. The SMILES string of the molecule is CCc1ccccc1NC(=O)c1cccc(C(=O)Nc2c(F)cccc2F)c1. The number of carbonyl (C=O) groups is 2. The summed E-state index contributed by atoms with van der Waals surface area (Å²) in [6.45, 7) is 1.98. The molecule has 0 heterocycles. The van der Waals surface area contributed by atoms with E-state index < -0.39 is 23.2 Å². The third kappa shape index (κ3) is 4.23. The lowest BCUT2D eigenvalue weighted by atomic mass is 10.1. The van der Waals surface area contributed by atoms with Crippen molar-refractivity contribution in [3.63, 3.8) is 0 Å². The number of hydrogen-bond donors (Lipinski definition) is 2. The summed E-state index contributed by atoms with van der Waals surface area (Å²) >= 11 is 0. The van der Waals surface area contributed by atoms with Crippen molar-refractivity contribution >= 4 is 23.2 Å². The van der Waals surface area contributed by atoms with Crippen LogP contribution in [0.3, 0.4) is 0 Å². The molecule has 0 radical (unpaired) electrons. The molecule has 28 heavy (non-hydrogen) atoms. The number of aryl methyl sites for hydroxylation is 1. The van der Waals surface area contributed by atoms with Gasteiger partial charge in [-0.05, 0) is 48.4 Å². The molecule has 3 rings (SSSR count). The van der Waals surface area contributed by atoms with Crippen molar-refractivity contribution in [1.29, 1.82) is 0 Å². The highest BCUT2D eigenvalue weighted by Crippen LogP contribution is 2.20. The van der Waals surface area contributed by atoms with Crippen LogP contribution in [0.4, 0.5) is 20.2 Å². The fourth-order valence-electron chi connectivity index (χ4n) is 2.75. The first kappa shape index (κ1) is 19.2. The highest BCUT2D eigenvalue weighted by atomic mass is 19.1. The average molecular weight is 380 g/mol. The molecule has 4 nitrogen and oxygen atoms in total. The third-order valence-electron chi connectivity index (χ3n) is 4.23. The molecule has 0 spiro atoms. The molecule has 0 atom stereocenters. The Kier molecular flexibility index (Phi) is 5.79. The number of halogens is 2. The maximum atomic E-state index is 13.7. The molecule has 0 unspecified atom stereocenters. The van der Waals surface area contributed by atoms with Gasteiger partial charge in [0.1, 0.15) is 17.3 Å². The minimum absolute atomic E-state index is 0.110. The zero-order valence-electron chi connectivity index (χ0n) is 15.1. The van der Waals surface area contributed by atoms with Crippen LogP contribution in [0.1, 0.15) is 33.2 Å². The number of amides is 2. The first-order valence-corrected chi connectivity index (χ1v) is 8.74. The van der Waals surface area contributed by atoms with Crippen molar-refractivity contribution < 1.29 is 18.4 Å². The van der Waals surface area contributed by atoms with Gasteiger partial charge in [0.2, 0.25) is 0 Å². The van der Waals surface area contributed by atoms with Gasteiger partial charge >= 0.3 is 0 Å². The lowest BCUT2D eigenvalue weighted by Crippen LogP contribution is -2.17. The quantitative estimate of drug-likeness (QED) is 0.652. The Bertz CT molecular complexity index is 1010. The zero-order chi connectivity index (χ0) is 20.1. The average Bonchev–Trinajstić information content (AvgIpc) is 2.71. The third-order valence-corrected chi connectivity index (χ3v) is 4.23. The molecule has 3 aromatic carbocycles. The van der Waals surface area contributed by atoms with Crippen molar-refractivity contribution in [3.05, 3.63) is 95.1 Å². The lowest BCUT2D eigenvalue weighted by molar-refractivity contribution is 0.102. The minimum atomic E-state index is -0.876. The van der Waals surface area contributed by atoms with Crippen molar-refractivity contribution in [3.8, 4) is 0 Å². The number of para-hydroxylation sites is 2. The topological polar surface area (TPSA) is 58.2 Å². The van der Waals surface area contributed by atoms with E-state index in [4.69, 9.17) is 0 Å². The van der Waals surface area contributed by atoms with Crippen molar-refractivity contribution in [2.45, 2.75) is 13.3 Å². The largest absolute Gasteiger partial charge is 0.322 e. The fraction of sp³-hybridized carbons (Fsp3) is 0.0909. The van der Waals surface area contributed by atoms with Crippen molar-refractivity contribution in [1.82, 2.24) is 0 Å². The zero-order valence-corrected chi connectivity index (χ0v) is 15.1. The van der Waals surface area contributed by atoms with Gasteiger partial charge in [-0.25, -0.2) is 8.78 Å². The Morgan fingerprint density at radius 3 is 2.00 bits per heavy atom. The number of carbonyl (C=O) groups excluding carboxylic acids is 2. The van der Waals surface area contributed by atoms with Crippen molar-refractivity contribution in [2.24, 2.45) is 0 Å². The van der Waals surface area contributed by atoms with Gasteiger partial charge < -0.3 is 10.6 Å². The summed E-state index contributed by atoms with van der Waals surface area (Å²) in [5, 5.41) is 5.03. The normalized spacial score (nSPS) is 10.4.